The van der Waals surface area contributed by atoms with Crippen LogP contribution in [0.15, 0.2) is 70.5 Å². The largest absolute Gasteiger partial charge is 0.376 e. The molecule has 5 rings (SSSR count). The summed E-state index contributed by atoms with van der Waals surface area (Å²) in [5.41, 5.74) is 5.37. The summed E-state index contributed by atoms with van der Waals surface area (Å²) in [5.74, 6) is -0.205. The van der Waals surface area contributed by atoms with Crippen LogP contribution in [0.2, 0.25) is 0 Å². The molecule has 3 aromatic rings. The first-order chi connectivity index (χ1) is 16.5. The molecule has 6 heteroatoms. The number of fused-ring (bicyclic) bond motifs is 2. The zero-order chi connectivity index (χ0) is 23.7. The van der Waals surface area contributed by atoms with Gasteiger partial charge in [0, 0.05) is 28.5 Å². The Morgan fingerprint density at radius 1 is 1.09 bits per heavy atom. The van der Waals surface area contributed by atoms with E-state index >= 15 is 0 Å². The van der Waals surface area contributed by atoms with Crippen LogP contribution in [-0.2, 0) is 11.3 Å². The van der Waals surface area contributed by atoms with E-state index < -0.39 is 0 Å². The number of amides is 2. The molecular formula is C28H28N2O3S. The monoisotopic (exact) mass is 472 g/mol. The van der Waals surface area contributed by atoms with Crippen molar-refractivity contribution >= 4 is 29.3 Å². The maximum Gasteiger partial charge on any atom is 0.259 e. The summed E-state index contributed by atoms with van der Waals surface area (Å²) >= 11 is 1.57. The van der Waals surface area contributed by atoms with Gasteiger partial charge in [0.2, 0.25) is 0 Å². The number of carbonyl (C=O) groups is 2. The molecule has 0 unspecified atom stereocenters. The minimum atomic E-state index is -0.149. The van der Waals surface area contributed by atoms with Gasteiger partial charge < -0.3 is 15.0 Å². The van der Waals surface area contributed by atoms with Crippen molar-refractivity contribution in [1.82, 2.24) is 5.32 Å². The molecule has 174 valence electrons. The average molecular weight is 473 g/mol. The van der Waals surface area contributed by atoms with Crippen molar-refractivity contribution in [3.8, 4) is 0 Å². The highest BCUT2D eigenvalue weighted by Gasteiger charge is 2.28. The first kappa shape index (κ1) is 22.7. The number of anilines is 1. The highest BCUT2D eigenvalue weighted by atomic mass is 32.2. The lowest BCUT2D eigenvalue weighted by molar-refractivity contribution is 0.0857. The smallest absolute Gasteiger partial charge is 0.259 e. The predicted molar refractivity (Wildman–Crippen MR) is 135 cm³/mol. The van der Waals surface area contributed by atoms with Crippen molar-refractivity contribution in [3.63, 3.8) is 0 Å². The molecular weight excluding hydrogens is 444 g/mol. The fraction of sp³-hybridized carbons (Fsp3) is 0.286. The van der Waals surface area contributed by atoms with Crippen molar-refractivity contribution in [2.45, 2.75) is 49.1 Å². The molecule has 3 aromatic carbocycles. The average Bonchev–Trinajstić information content (AvgIpc) is 3.33. The summed E-state index contributed by atoms with van der Waals surface area (Å²) in [6.45, 7) is 5.82. The number of ether oxygens (including phenoxy) is 1. The number of carbonyl (C=O) groups excluding carboxylic acids is 2. The Hall–Kier alpha value is -3.09. The fourth-order valence-electron chi connectivity index (χ4n) is 4.47. The molecule has 0 aliphatic carbocycles. The van der Waals surface area contributed by atoms with Gasteiger partial charge in [-0.3, -0.25) is 9.59 Å². The van der Waals surface area contributed by atoms with E-state index in [2.05, 4.69) is 37.4 Å². The van der Waals surface area contributed by atoms with E-state index in [9.17, 15) is 9.59 Å². The lowest BCUT2D eigenvalue weighted by Gasteiger charge is -2.25. The maximum atomic E-state index is 13.8. The zero-order valence-electron chi connectivity index (χ0n) is 19.5. The van der Waals surface area contributed by atoms with E-state index in [0.717, 1.165) is 51.6 Å². The molecule has 1 N–H and O–H groups in total. The molecule has 2 aliphatic rings. The molecule has 1 atom stereocenters. The molecule has 5 nitrogen and oxygen atoms in total. The van der Waals surface area contributed by atoms with Crippen LogP contribution >= 0.6 is 11.8 Å². The van der Waals surface area contributed by atoms with Crippen LogP contribution in [0.25, 0.3) is 0 Å². The van der Waals surface area contributed by atoms with E-state index in [1.165, 1.54) is 0 Å². The maximum absolute atomic E-state index is 13.8. The molecule has 1 saturated heterocycles. The van der Waals surface area contributed by atoms with E-state index in [1.807, 2.05) is 47.4 Å². The number of nitrogens with zero attached hydrogens (tertiary/aromatic N) is 1. The van der Waals surface area contributed by atoms with Gasteiger partial charge in [0.25, 0.3) is 11.8 Å². The first-order valence-electron chi connectivity index (χ1n) is 11.7. The Bertz CT molecular complexity index is 1250. The van der Waals surface area contributed by atoms with Gasteiger partial charge in [-0.05, 0) is 68.1 Å². The minimum absolute atomic E-state index is 0.0559. The van der Waals surface area contributed by atoms with Crippen LogP contribution in [0, 0.1) is 13.8 Å². The SMILES string of the molecule is Cc1ccc(C)c(CN2C(=O)c3ccccc3Sc3ccc(C(=O)NC[C@@H]4CCCO4)cc32)c1. The second kappa shape index (κ2) is 9.65. The molecule has 2 heterocycles. The lowest BCUT2D eigenvalue weighted by atomic mass is 10.0. The highest BCUT2D eigenvalue weighted by Crippen LogP contribution is 2.42. The second-order valence-electron chi connectivity index (χ2n) is 8.95. The summed E-state index contributed by atoms with van der Waals surface area (Å²) in [5, 5.41) is 3.00. The fourth-order valence-corrected chi connectivity index (χ4v) is 5.53. The third kappa shape index (κ3) is 4.61. The van der Waals surface area contributed by atoms with Gasteiger partial charge in [-0.15, -0.1) is 0 Å². The summed E-state index contributed by atoms with van der Waals surface area (Å²) in [6.07, 6.45) is 2.08. The van der Waals surface area contributed by atoms with Gasteiger partial charge in [0.05, 0.1) is 23.9 Å². The van der Waals surface area contributed by atoms with Crippen molar-refractivity contribution in [2.75, 3.05) is 18.1 Å². The van der Waals surface area contributed by atoms with Crippen LogP contribution < -0.4 is 10.2 Å². The van der Waals surface area contributed by atoms with Crippen LogP contribution in [0.4, 0.5) is 5.69 Å². The van der Waals surface area contributed by atoms with Gasteiger partial charge in [-0.1, -0.05) is 47.7 Å². The van der Waals surface area contributed by atoms with Crippen LogP contribution in [0.5, 0.6) is 0 Å². The van der Waals surface area contributed by atoms with Crippen molar-refractivity contribution in [2.24, 2.45) is 0 Å². The van der Waals surface area contributed by atoms with Crippen molar-refractivity contribution in [1.29, 1.82) is 0 Å². The Morgan fingerprint density at radius 2 is 1.94 bits per heavy atom. The number of hydrogen-bond donors (Lipinski definition) is 1. The zero-order valence-corrected chi connectivity index (χ0v) is 20.3. The number of hydrogen-bond acceptors (Lipinski definition) is 4. The Balaban J connectivity index is 1.51. The van der Waals surface area contributed by atoms with Gasteiger partial charge in [-0.25, -0.2) is 0 Å². The van der Waals surface area contributed by atoms with E-state index in [-0.39, 0.29) is 17.9 Å². The summed E-state index contributed by atoms with van der Waals surface area (Å²) in [6, 6.07) is 19.6. The standard InChI is InChI=1S/C28H28N2O3S/c1-18-9-10-19(2)21(14-18)17-30-24-15-20(27(31)29-16-22-6-5-13-33-22)11-12-26(24)34-25-8-4-3-7-23(25)28(30)32/h3-4,7-12,14-15,22H,5-6,13,16-17H2,1-2H3,(H,29,31)/t22-/m0/s1. The van der Waals surface area contributed by atoms with Gasteiger partial charge >= 0.3 is 0 Å². The van der Waals surface area contributed by atoms with E-state index in [4.69, 9.17) is 4.74 Å². The normalized spacial score (nSPS) is 17.2. The molecule has 0 aromatic heterocycles. The molecule has 2 amide bonds. The molecule has 2 aliphatic heterocycles. The summed E-state index contributed by atoms with van der Waals surface area (Å²) < 4.78 is 5.63. The molecule has 1 fully saturated rings. The quantitative estimate of drug-likeness (QED) is 0.531. The third-order valence-corrected chi connectivity index (χ3v) is 7.58. The van der Waals surface area contributed by atoms with Crippen LogP contribution in [0.1, 0.15) is 50.2 Å². The number of rotatable bonds is 5. The molecule has 0 radical (unpaired) electrons. The van der Waals surface area contributed by atoms with Gasteiger partial charge in [-0.2, -0.15) is 0 Å². The molecule has 0 saturated carbocycles. The van der Waals surface area contributed by atoms with Crippen LogP contribution in [0.3, 0.4) is 0 Å². The number of nitrogens with one attached hydrogen (secondary N) is 1. The van der Waals surface area contributed by atoms with E-state index in [0.29, 0.717) is 24.2 Å². The number of aryl methyl sites for hydroxylation is 2. The highest BCUT2D eigenvalue weighted by molar-refractivity contribution is 7.99. The molecule has 0 bridgehead atoms. The van der Waals surface area contributed by atoms with Crippen LogP contribution in [-0.4, -0.2) is 31.1 Å². The minimum Gasteiger partial charge on any atom is -0.376 e. The van der Waals surface area contributed by atoms with Crippen molar-refractivity contribution in [3.05, 3.63) is 88.5 Å². The Labute approximate surface area is 204 Å². The molecule has 34 heavy (non-hydrogen) atoms. The van der Waals surface area contributed by atoms with E-state index in [1.54, 1.807) is 11.8 Å². The summed E-state index contributed by atoms with van der Waals surface area (Å²) in [4.78, 5) is 30.4. The Kier molecular flexibility index (Phi) is 6.44. The van der Waals surface area contributed by atoms with Gasteiger partial charge in [0.15, 0.2) is 0 Å². The third-order valence-electron chi connectivity index (χ3n) is 6.44. The number of benzene rings is 3. The van der Waals surface area contributed by atoms with Crippen molar-refractivity contribution < 1.29 is 14.3 Å². The molecule has 0 spiro atoms. The first-order valence-corrected chi connectivity index (χ1v) is 12.5. The van der Waals surface area contributed by atoms with Gasteiger partial charge in [0.1, 0.15) is 0 Å². The summed E-state index contributed by atoms with van der Waals surface area (Å²) in [7, 11) is 0. The topological polar surface area (TPSA) is 58.6 Å². The predicted octanol–water partition coefficient (Wildman–Crippen LogP) is 5.52. The lowest BCUT2D eigenvalue weighted by Crippen LogP contribution is -2.33. The Morgan fingerprint density at radius 3 is 2.76 bits per heavy atom. The second-order valence-corrected chi connectivity index (χ2v) is 10.0.